The van der Waals surface area contributed by atoms with Crippen LogP contribution in [0.1, 0.15) is 72.3 Å². The Hall–Kier alpha value is -5.80. The fraction of sp³-hybridized carbons (Fsp3) is 0.209. The first-order valence-corrected chi connectivity index (χ1v) is 20.7. The van der Waals surface area contributed by atoms with E-state index in [4.69, 9.17) is 53.0 Å². The van der Waals surface area contributed by atoms with Crippen molar-refractivity contribution >= 4 is 74.3 Å². The zero-order valence-corrected chi connectivity index (χ0v) is 34.1. The molecule has 2 aromatic heterocycles. The number of anilines is 1. The van der Waals surface area contributed by atoms with Gasteiger partial charge < -0.3 is 29.8 Å². The molecular formula is C43H33Cl2N3O9S2. The van der Waals surface area contributed by atoms with Crippen LogP contribution in [0.4, 0.5) is 5.13 Å². The van der Waals surface area contributed by atoms with E-state index < -0.39 is 16.8 Å². The van der Waals surface area contributed by atoms with Crippen LogP contribution in [-0.2, 0) is 26.8 Å². The maximum atomic E-state index is 13.1. The number of aromatic nitrogens is 2. The molecule has 0 bridgehead atoms. The van der Waals surface area contributed by atoms with E-state index in [0.29, 0.717) is 76.9 Å². The Bertz CT molecular complexity index is 2620. The van der Waals surface area contributed by atoms with Crippen LogP contribution in [-0.4, -0.2) is 52.0 Å². The van der Waals surface area contributed by atoms with E-state index >= 15 is 0 Å². The second-order valence-corrected chi connectivity index (χ2v) is 17.0. The molecule has 0 unspecified atom stereocenters. The molecule has 0 atom stereocenters. The number of carboxylic acid groups (broad SMARTS) is 1. The number of ether oxygens (including phenoxy) is 4. The van der Waals surface area contributed by atoms with Crippen molar-refractivity contribution in [1.82, 2.24) is 9.97 Å². The summed E-state index contributed by atoms with van der Waals surface area (Å²) in [4.78, 5) is 57.9. The van der Waals surface area contributed by atoms with Gasteiger partial charge in [0.25, 0.3) is 0 Å². The van der Waals surface area contributed by atoms with Crippen LogP contribution in [0.3, 0.4) is 0 Å². The van der Waals surface area contributed by atoms with E-state index in [1.807, 2.05) is 24.3 Å². The number of carbonyl (C=O) groups excluding carboxylic acids is 3. The minimum atomic E-state index is -0.749. The summed E-state index contributed by atoms with van der Waals surface area (Å²) in [5.41, 5.74) is 6.99. The summed E-state index contributed by atoms with van der Waals surface area (Å²) in [5.74, 6) is 1.78. The van der Waals surface area contributed by atoms with E-state index in [-0.39, 0.29) is 37.4 Å². The minimum Gasteiger partial charge on any atom is -0.481 e. The zero-order chi connectivity index (χ0) is 41.3. The normalized spacial score (nSPS) is 15.5. The molecule has 4 aliphatic rings. The number of ketones is 3. The summed E-state index contributed by atoms with van der Waals surface area (Å²) in [5, 5.41) is 11.0. The number of nitrogens with zero attached hydrogens (tertiary/aromatic N) is 2. The molecule has 300 valence electrons. The number of halogens is 2. The van der Waals surface area contributed by atoms with Crippen molar-refractivity contribution in [3.63, 3.8) is 0 Å². The van der Waals surface area contributed by atoms with Gasteiger partial charge in [0.05, 0.1) is 43.2 Å². The van der Waals surface area contributed by atoms with Crippen LogP contribution in [0.15, 0.2) is 97.3 Å². The number of carbonyl (C=O) groups is 4. The zero-order valence-electron chi connectivity index (χ0n) is 30.9. The molecule has 12 nitrogen and oxygen atoms in total. The fourth-order valence-electron chi connectivity index (χ4n) is 6.75. The lowest BCUT2D eigenvalue weighted by atomic mass is 9.89. The molecule has 0 spiro atoms. The van der Waals surface area contributed by atoms with Gasteiger partial charge >= 0.3 is 5.97 Å². The molecule has 0 radical (unpaired) electrons. The number of rotatable bonds is 10. The van der Waals surface area contributed by atoms with E-state index in [9.17, 15) is 19.2 Å². The number of hydrogen-bond donors (Lipinski definition) is 2. The molecule has 4 heterocycles. The highest BCUT2D eigenvalue weighted by Crippen LogP contribution is 2.52. The van der Waals surface area contributed by atoms with E-state index in [1.165, 1.54) is 23.7 Å². The number of fused-ring (bicyclic) bond motifs is 2. The Kier molecular flexibility index (Phi) is 11.2. The van der Waals surface area contributed by atoms with Gasteiger partial charge in [0.2, 0.25) is 25.2 Å². The van der Waals surface area contributed by atoms with E-state index in [2.05, 4.69) is 9.97 Å². The number of hydrogen-bond acceptors (Lipinski definition) is 13. The van der Waals surface area contributed by atoms with Crippen molar-refractivity contribution in [2.45, 2.75) is 42.9 Å². The van der Waals surface area contributed by atoms with Crippen molar-refractivity contribution in [3.8, 4) is 23.0 Å². The van der Waals surface area contributed by atoms with Gasteiger partial charge in [0.15, 0.2) is 28.1 Å². The predicted octanol–water partition coefficient (Wildman–Crippen LogP) is 8.74. The van der Waals surface area contributed by atoms with Gasteiger partial charge in [0, 0.05) is 17.3 Å². The third-order valence-electron chi connectivity index (χ3n) is 10.4. The SMILES string of the molecule is Nc1ncc(C(=O)c2ccccc2Cl)s1.O=C(O)C1(c2ccc3c(c2)OCO3)CC1.O=C(c1cnc(CC(=O)C2(c3ccc4c(c3)OCO4)CC2)s1)c1ccccc1Cl. The number of carboxylic acids is 1. The summed E-state index contributed by atoms with van der Waals surface area (Å²) < 4.78 is 21.2. The summed E-state index contributed by atoms with van der Waals surface area (Å²) in [6.45, 7) is 0.430. The van der Waals surface area contributed by atoms with Gasteiger partial charge in [0.1, 0.15) is 10.8 Å². The number of nitrogen functional groups attached to an aromatic ring is 1. The van der Waals surface area contributed by atoms with Crippen molar-refractivity contribution < 1.29 is 43.2 Å². The van der Waals surface area contributed by atoms with Gasteiger partial charge in [-0.05, 0) is 85.3 Å². The maximum Gasteiger partial charge on any atom is 0.314 e. The summed E-state index contributed by atoms with van der Waals surface area (Å²) in [7, 11) is 0. The van der Waals surface area contributed by atoms with Crippen molar-refractivity contribution in [2.24, 2.45) is 0 Å². The molecule has 10 rings (SSSR count). The molecule has 59 heavy (non-hydrogen) atoms. The number of nitrogens with two attached hydrogens (primary N) is 1. The Morgan fingerprint density at radius 2 is 1.12 bits per heavy atom. The summed E-state index contributed by atoms with van der Waals surface area (Å²) >= 11 is 14.4. The van der Waals surface area contributed by atoms with Gasteiger partial charge in [-0.15, -0.1) is 11.3 Å². The molecule has 6 aromatic rings. The lowest BCUT2D eigenvalue weighted by molar-refractivity contribution is -0.140. The monoisotopic (exact) mass is 869 g/mol. The molecule has 4 aromatic carbocycles. The lowest BCUT2D eigenvalue weighted by Gasteiger charge is -2.14. The average molecular weight is 871 g/mol. The first-order valence-electron chi connectivity index (χ1n) is 18.3. The molecule has 0 saturated heterocycles. The third-order valence-corrected chi connectivity index (χ3v) is 12.8. The van der Waals surface area contributed by atoms with Crippen LogP contribution in [0, 0.1) is 0 Å². The molecular weight excluding hydrogens is 838 g/mol. The largest absolute Gasteiger partial charge is 0.481 e. The predicted molar refractivity (Wildman–Crippen MR) is 222 cm³/mol. The summed E-state index contributed by atoms with van der Waals surface area (Å²) in [6, 6.07) is 24.9. The standard InChI is InChI=1S/C22H16ClNO4S.C11H10O4.C10H7ClN2OS/c23-15-4-2-1-3-14(15)21(26)18-11-24-20(29-18)10-19(25)22(7-8-22)13-5-6-16-17(9-13)28-12-27-16;12-10(13)11(3-4-11)7-1-2-8-9(5-7)15-6-14-8;11-7-4-2-1-3-6(7)9(14)8-5-13-10(12)15-8/h1-6,9,11H,7-8,10,12H2;1-2,5H,3-4,6H2,(H,12,13);1-5H,(H2,12,13). The topological polar surface area (TPSA) is 177 Å². The van der Waals surface area contributed by atoms with Gasteiger partial charge in [-0.25, -0.2) is 9.97 Å². The van der Waals surface area contributed by atoms with Crippen LogP contribution < -0.4 is 24.7 Å². The maximum absolute atomic E-state index is 13.1. The molecule has 2 aliphatic heterocycles. The number of aliphatic carboxylic acids is 1. The molecule has 2 fully saturated rings. The van der Waals surface area contributed by atoms with Crippen molar-refractivity contribution in [3.05, 3.63) is 144 Å². The smallest absolute Gasteiger partial charge is 0.314 e. The molecule has 2 aliphatic carbocycles. The number of Topliss-reactive ketones (excluding diaryl/α,β-unsaturated/α-hetero) is 1. The molecule has 16 heteroatoms. The second kappa shape index (κ2) is 16.5. The highest BCUT2D eigenvalue weighted by Gasteiger charge is 2.52. The lowest BCUT2D eigenvalue weighted by Crippen LogP contribution is -2.22. The fourth-order valence-corrected chi connectivity index (χ4v) is 8.70. The quantitative estimate of drug-likeness (QED) is 0.125. The van der Waals surface area contributed by atoms with Gasteiger partial charge in [-0.1, -0.05) is 70.9 Å². The van der Waals surface area contributed by atoms with Gasteiger partial charge in [-0.2, -0.15) is 0 Å². The highest BCUT2D eigenvalue weighted by molar-refractivity contribution is 7.17. The Balaban J connectivity index is 0.000000136. The Morgan fingerprint density at radius 1 is 0.644 bits per heavy atom. The van der Waals surface area contributed by atoms with Crippen LogP contribution in [0.25, 0.3) is 0 Å². The molecule has 0 amide bonds. The molecule has 3 N–H and O–H groups in total. The number of thiazole rings is 2. The van der Waals surface area contributed by atoms with Crippen molar-refractivity contribution in [2.75, 3.05) is 19.3 Å². The van der Waals surface area contributed by atoms with Crippen LogP contribution in [0.5, 0.6) is 23.0 Å². The number of benzene rings is 4. The highest BCUT2D eigenvalue weighted by atomic mass is 35.5. The van der Waals surface area contributed by atoms with Gasteiger partial charge in [-0.3, -0.25) is 19.2 Å². The Labute approximate surface area is 355 Å². The van der Waals surface area contributed by atoms with Crippen LogP contribution in [0.2, 0.25) is 10.0 Å². The third kappa shape index (κ3) is 8.26. The first kappa shape index (κ1) is 40.0. The average Bonchev–Trinajstić information content (AvgIpc) is 3.93. The van der Waals surface area contributed by atoms with E-state index in [0.717, 1.165) is 35.3 Å². The van der Waals surface area contributed by atoms with Crippen molar-refractivity contribution in [1.29, 1.82) is 0 Å². The summed E-state index contributed by atoms with van der Waals surface area (Å²) in [6.07, 6.45) is 6.23. The second-order valence-electron chi connectivity index (χ2n) is 14.0. The molecule has 2 saturated carbocycles. The van der Waals surface area contributed by atoms with E-state index in [1.54, 1.807) is 60.7 Å². The minimum absolute atomic E-state index is 0.113. The Morgan fingerprint density at radius 3 is 1.59 bits per heavy atom. The van der Waals surface area contributed by atoms with Crippen LogP contribution >= 0.6 is 45.9 Å². The first-order chi connectivity index (χ1) is 28.5.